The second kappa shape index (κ2) is 5.50. The summed E-state index contributed by atoms with van der Waals surface area (Å²) in [5.41, 5.74) is 0. The first kappa shape index (κ1) is 13.1. The zero-order valence-electron chi connectivity index (χ0n) is 11.3. The van der Waals surface area contributed by atoms with Crippen LogP contribution in [0.15, 0.2) is 0 Å². The van der Waals surface area contributed by atoms with Crippen LogP contribution in [-0.2, 0) is 9.53 Å². The number of hydrogen-bond acceptors (Lipinski definition) is 4. The third-order valence-electron chi connectivity index (χ3n) is 3.61. The molecule has 0 aliphatic heterocycles. The Balaban J connectivity index is 2.24. The highest BCUT2D eigenvalue weighted by Gasteiger charge is 2.28. The minimum absolute atomic E-state index is 0.218. The minimum atomic E-state index is -0.341. The zero-order chi connectivity index (χ0) is 13.1. The summed E-state index contributed by atoms with van der Waals surface area (Å²) in [4.78, 5) is 11.8. The number of aromatic nitrogens is 3. The topological polar surface area (TPSA) is 57.0 Å². The number of aryl methyl sites for hydroxylation is 1. The maximum absolute atomic E-state index is 11.8. The molecule has 1 saturated carbocycles. The number of carbonyl (C=O) groups excluding carboxylic acids is 1. The summed E-state index contributed by atoms with van der Waals surface area (Å²) < 4.78 is 7.20. The van der Waals surface area contributed by atoms with Crippen LogP contribution in [0.4, 0.5) is 0 Å². The molecule has 0 N–H and O–H groups in total. The molecule has 0 spiro atoms. The van der Waals surface area contributed by atoms with E-state index >= 15 is 0 Å². The summed E-state index contributed by atoms with van der Waals surface area (Å²) in [7, 11) is 0. The van der Waals surface area contributed by atoms with Gasteiger partial charge in [0.25, 0.3) is 0 Å². The van der Waals surface area contributed by atoms with Crippen molar-refractivity contribution in [3.8, 4) is 0 Å². The number of esters is 1. The minimum Gasteiger partial charge on any atom is -0.465 e. The fourth-order valence-corrected chi connectivity index (χ4v) is 2.67. The molecule has 0 amide bonds. The maximum atomic E-state index is 11.8. The average molecular weight is 251 g/mol. The molecule has 1 aliphatic rings. The molecule has 1 aromatic rings. The van der Waals surface area contributed by atoms with E-state index in [1.54, 1.807) is 0 Å². The van der Waals surface area contributed by atoms with Gasteiger partial charge in [-0.2, -0.15) is 0 Å². The zero-order valence-corrected chi connectivity index (χ0v) is 11.3. The Hall–Kier alpha value is -1.39. The summed E-state index contributed by atoms with van der Waals surface area (Å²) >= 11 is 0. The molecule has 100 valence electrons. The second-order valence-corrected chi connectivity index (χ2v) is 4.89. The molecule has 1 aromatic heterocycles. The lowest BCUT2D eigenvalue weighted by atomic mass is 10.1. The van der Waals surface area contributed by atoms with E-state index in [9.17, 15) is 4.79 Å². The van der Waals surface area contributed by atoms with Crippen LogP contribution in [0.3, 0.4) is 0 Å². The molecular weight excluding hydrogens is 230 g/mol. The van der Waals surface area contributed by atoms with Gasteiger partial charge >= 0.3 is 5.97 Å². The highest BCUT2D eigenvalue weighted by Crippen LogP contribution is 2.32. The van der Waals surface area contributed by atoms with Crippen LogP contribution in [0, 0.1) is 6.92 Å². The van der Waals surface area contributed by atoms with Gasteiger partial charge in [0, 0.05) is 6.04 Å². The Morgan fingerprint density at radius 3 is 2.72 bits per heavy atom. The first-order valence-corrected chi connectivity index (χ1v) is 6.73. The van der Waals surface area contributed by atoms with E-state index in [1.807, 2.05) is 20.8 Å². The van der Waals surface area contributed by atoms with Gasteiger partial charge in [-0.1, -0.05) is 12.8 Å². The highest BCUT2D eigenvalue weighted by molar-refractivity contribution is 5.76. The Morgan fingerprint density at radius 2 is 2.11 bits per heavy atom. The van der Waals surface area contributed by atoms with Crippen LogP contribution in [0.25, 0.3) is 0 Å². The predicted molar refractivity (Wildman–Crippen MR) is 67.3 cm³/mol. The molecule has 5 heteroatoms. The van der Waals surface area contributed by atoms with Gasteiger partial charge in [-0.05, 0) is 33.6 Å². The molecule has 18 heavy (non-hydrogen) atoms. The van der Waals surface area contributed by atoms with E-state index in [0.29, 0.717) is 12.6 Å². The third-order valence-corrected chi connectivity index (χ3v) is 3.61. The molecule has 0 bridgehead atoms. The summed E-state index contributed by atoms with van der Waals surface area (Å²) in [5, 5.41) is 8.31. The Morgan fingerprint density at radius 1 is 1.44 bits per heavy atom. The first-order valence-electron chi connectivity index (χ1n) is 6.73. The van der Waals surface area contributed by atoms with Gasteiger partial charge in [0.15, 0.2) is 0 Å². The molecule has 1 fully saturated rings. The number of rotatable bonds is 4. The van der Waals surface area contributed by atoms with Crippen LogP contribution < -0.4 is 0 Å². The van der Waals surface area contributed by atoms with Crippen molar-refractivity contribution in [3.05, 3.63) is 11.6 Å². The fraction of sp³-hybridized carbons (Fsp3) is 0.769. The number of carbonyl (C=O) groups is 1. The Bertz CT molecular complexity index is 422. The van der Waals surface area contributed by atoms with E-state index in [-0.39, 0.29) is 11.9 Å². The largest absolute Gasteiger partial charge is 0.465 e. The number of nitrogens with zero attached hydrogens (tertiary/aromatic N) is 3. The average Bonchev–Trinajstić information content (AvgIpc) is 2.97. The molecule has 1 aliphatic carbocycles. The lowest BCUT2D eigenvalue weighted by molar-refractivity contribution is -0.144. The monoisotopic (exact) mass is 251 g/mol. The molecule has 0 saturated heterocycles. The van der Waals surface area contributed by atoms with Crippen molar-refractivity contribution in [1.29, 1.82) is 0 Å². The van der Waals surface area contributed by atoms with Crippen molar-refractivity contribution < 1.29 is 9.53 Å². The van der Waals surface area contributed by atoms with Crippen molar-refractivity contribution in [1.82, 2.24) is 14.8 Å². The van der Waals surface area contributed by atoms with Crippen molar-refractivity contribution in [2.75, 3.05) is 6.61 Å². The van der Waals surface area contributed by atoms with Gasteiger partial charge in [0.2, 0.25) is 0 Å². The lowest BCUT2D eigenvalue weighted by Gasteiger charge is -2.18. The molecule has 1 atom stereocenters. The number of ether oxygens (including phenoxy) is 1. The normalized spacial score (nSPS) is 17.9. The molecule has 1 unspecified atom stereocenters. The Labute approximate surface area is 108 Å². The van der Waals surface area contributed by atoms with Crippen LogP contribution in [0.5, 0.6) is 0 Å². The van der Waals surface area contributed by atoms with Crippen LogP contribution in [0.1, 0.15) is 63.1 Å². The van der Waals surface area contributed by atoms with Crippen molar-refractivity contribution >= 4 is 5.97 Å². The molecular formula is C13H21N3O2. The molecule has 1 heterocycles. The second-order valence-electron chi connectivity index (χ2n) is 4.89. The SMILES string of the molecule is CCOC(=O)C(C)c1nnc(C)n1C1CCCC1. The van der Waals surface area contributed by atoms with E-state index < -0.39 is 0 Å². The fourth-order valence-electron chi connectivity index (χ4n) is 2.67. The first-order chi connectivity index (χ1) is 8.65. The maximum Gasteiger partial charge on any atom is 0.316 e. The lowest BCUT2D eigenvalue weighted by Crippen LogP contribution is -2.20. The highest BCUT2D eigenvalue weighted by atomic mass is 16.5. The quantitative estimate of drug-likeness (QED) is 0.771. The summed E-state index contributed by atoms with van der Waals surface area (Å²) in [6, 6.07) is 0.451. The van der Waals surface area contributed by atoms with E-state index in [1.165, 1.54) is 12.8 Å². The van der Waals surface area contributed by atoms with Gasteiger partial charge in [-0.25, -0.2) is 0 Å². The van der Waals surface area contributed by atoms with E-state index in [0.717, 1.165) is 24.5 Å². The van der Waals surface area contributed by atoms with Crippen LogP contribution >= 0.6 is 0 Å². The molecule has 5 nitrogen and oxygen atoms in total. The van der Waals surface area contributed by atoms with Crippen molar-refractivity contribution in [3.63, 3.8) is 0 Å². The van der Waals surface area contributed by atoms with Crippen LogP contribution in [0.2, 0.25) is 0 Å². The van der Waals surface area contributed by atoms with Gasteiger partial charge in [-0.15, -0.1) is 10.2 Å². The molecule has 0 aromatic carbocycles. The van der Waals surface area contributed by atoms with Gasteiger partial charge in [-0.3, -0.25) is 4.79 Å². The summed E-state index contributed by atoms with van der Waals surface area (Å²) in [6.07, 6.45) is 4.80. The summed E-state index contributed by atoms with van der Waals surface area (Å²) in [6.45, 7) is 6.01. The van der Waals surface area contributed by atoms with Crippen molar-refractivity contribution in [2.45, 2.75) is 58.4 Å². The van der Waals surface area contributed by atoms with E-state index in [4.69, 9.17) is 4.74 Å². The van der Waals surface area contributed by atoms with E-state index in [2.05, 4.69) is 14.8 Å². The van der Waals surface area contributed by atoms with Gasteiger partial charge in [0.1, 0.15) is 17.6 Å². The Kier molecular flexibility index (Phi) is 3.99. The standard InChI is InChI=1S/C13H21N3O2/c1-4-18-13(17)9(2)12-15-14-10(3)16(12)11-7-5-6-8-11/h9,11H,4-8H2,1-3H3. The molecule has 0 radical (unpaired) electrons. The van der Waals surface area contributed by atoms with Crippen LogP contribution in [-0.4, -0.2) is 27.3 Å². The van der Waals surface area contributed by atoms with Crippen molar-refractivity contribution in [2.24, 2.45) is 0 Å². The predicted octanol–water partition coefficient (Wildman–Crippen LogP) is 2.37. The molecule has 2 rings (SSSR count). The smallest absolute Gasteiger partial charge is 0.316 e. The van der Waals surface area contributed by atoms with Gasteiger partial charge in [0.05, 0.1) is 6.61 Å². The van der Waals surface area contributed by atoms with Gasteiger partial charge < -0.3 is 9.30 Å². The summed E-state index contributed by atoms with van der Waals surface area (Å²) in [5.74, 6) is 1.08. The third kappa shape index (κ3) is 2.40. The number of hydrogen-bond donors (Lipinski definition) is 0.